The van der Waals surface area contributed by atoms with Gasteiger partial charge in [0, 0.05) is 12.7 Å². The highest BCUT2D eigenvalue weighted by molar-refractivity contribution is 5.88. The number of carboxylic acids is 1. The number of hydrogen-bond acceptors (Lipinski definition) is 3. The second-order valence-corrected chi connectivity index (χ2v) is 4.39. The van der Waals surface area contributed by atoms with Gasteiger partial charge in [-0.2, -0.15) is 0 Å². The number of pyridine rings is 2. The van der Waals surface area contributed by atoms with Crippen LogP contribution in [0.2, 0.25) is 0 Å². The van der Waals surface area contributed by atoms with Crippen LogP contribution in [-0.4, -0.2) is 34.5 Å². The predicted molar refractivity (Wildman–Crippen MR) is 68.0 cm³/mol. The summed E-state index contributed by atoms with van der Waals surface area (Å²) in [7, 11) is 3.79. The average molecular weight is 246 g/mol. The van der Waals surface area contributed by atoms with E-state index in [1.807, 2.05) is 31.1 Å². The van der Waals surface area contributed by atoms with Crippen molar-refractivity contribution in [2.24, 2.45) is 0 Å². The van der Waals surface area contributed by atoms with Gasteiger partial charge in [0.2, 0.25) is 0 Å². The fourth-order valence-electron chi connectivity index (χ4n) is 1.94. The number of aromatic nitrogens is 1. The number of carboxylic acid groups (broad SMARTS) is 1. The lowest BCUT2D eigenvalue weighted by molar-refractivity contribution is 0.0694. The van der Waals surface area contributed by atoms with Gasteiger partial charge in [-0.05, 0) is 37.9 Å². The first kappa shape index (κ1) is 12.3. The normalized spacial score (nSPS) is 11.1. The highest BCUT2D eigenvalue weighted by atomic mass is 16.4. The smallest absolute Gasteiger partial charge is 0.341 e. The summed E-state index contributed by atoms with van der Waals surface area (Å²) >= 11 is 0. The van der Waals surface area contributed by atoms with E-state index in [0.29, 0.717) is 6.54 Å². The van der Waals surface area contributed by atoms with Crippen LogP contribution in [0.1, 0.15) is 15.9 Å². The number of aromatic carboxylic acids is 1. The summed E-state index contributed by atoms with van der Waals surface area (Å²) in [5, 5.41) is 9.06. The van der Waals surface area contributed by atoms with E-state index in [4.69, 9.17) is 5.11 Å². The van der Waals surface area contributed by atoms with Crippen molar-refractivity contribution >= 4 is 11.5 Å². The van der Waals surface area contributed by atoms with Crippen LogP contribution in [0.4, 0.5) is 0 Å². The molecule has 1 N–H and O–H groups in total. The van der Waals surface area contributed by atoms with Gasteiger partial charge in [-0.1, -0.05) is 6.07 Å². The number of carbonyl (C=O) groups is 1. The predicted octanol–water partition coefficient (Wildman–Crippen LogP) is 1.06. The molecule has 0 radical (unpaired) electrons. The summed E-state index contributed by atoms with van der Waals surface area (Å²) < 4.78 is 1.38. The van der Waals surface area contributed by atoms with E-state index in [-0.39, 0.29) is 5.56 Å². The zero-order valence-electron chi connectivity index (χ0n) is 10.3. The molecule has 0 aliphatic heterocycles. The maximum atomic E-state index is 12.0. The molecule has 0 amide bonds. The standard InChI is InChI=1S/C13H14N2O3/c1-14(2)8-9-7-10(13(17)18)12(16)15-6-4-3-5-11(9)15/h3-7H,8H2,1-2H3,(H,17,18). The molecule has 0 saturated carbocycles. The minimum absolute atomic E-state index is 0.199. The van der Waals surface area contributed by atoms with Crippen LogP contribution in [0.3, 0.4) is 0 Å². The van der Waals surface area contributed by atoms with Crippen molar-refractivity contribution in [1.82, 2.24) is 9.30 Å². The SMILES string of the molecule is CN(C)Cc1cc(C(=O)O)c(=O)n2ccccc12. The summed E-state index contributed by atoms with van der Waals surface area (Å²) in [6.07, 6.45) is 1.59. The highest BCUT2D eigenvalue weighted by Crippen LogP contribution is 2.12. The van der Waals surface area contributed by atoms with Crippen LogP contribution in [0, 0.1) is 0 Å². The van der Waals surface area contributed by atoms with E-state index in [1.54, 1.807) is 12.3 Å². The number of hydrogen-bond donors (Lipinski definition) is 1. The molecule has 0 unspecified atom stereocenters. The fourth-order valence-corrected chi connectivity index (χ4v) is 1.94. The Morgan fingerprint density at radius 1 is 1.39 bits per heavy atom. The van der Waals surface area contributed by atoms with Gasteiger partial charge in [-0.25, -0.2) is 4.79 Å². The molecule has 5 heteroatoms. The van der Waals surface area contributed by atoms with E-state index < -0.39 is 11.5 Å². The molecule has 18 heavy (non-hydrogen) atoms. The van der Waals surface area contributed by atoms with Crippen LogP contribution in [0.25, 0.3) is 5.52 Å². The maximum Gasteiger partial charge on any atom is 0.341 e. The molecule has 2 aromatic rings. The molecular formula is C13H14N2O3. The molecular weight excluding hydrogens is 232 g/mol. The van der Waals surface area contributed by atoms with Crippen LogP contribution >= 0.6 is 0 Å². The fraction of sp³-hybridized carbons (Fsp3) is 0.231. The number of rotatable bonds is 3. The first-order chi connectivity index (χ1) is 8.50. The minimum atomic E-state index is -1.20. The molecule has 2 rings (SSSR count). The molecule has 0 spiro atoms. The lowest BCUT2D eigenvalue weighted by Crippen LogP contribution is -2.24. The molecule has 0 aromatic carbocycles. The van der Waals surface area contributed by atoms with Crippen LogP contribution < -0.4 is 5.56 Å². The molecule has 2 heterocycles. The van der Waals surface area contributed by atoms with Crippen molar-refractivity contribution in [3.05, 3.63) is 51.9 Å². The second-order valence-electron chi connectivity index (χ2n) is 4.39. The van der Waals surface area contributed by atoms with Crippen molar-refractivity contribution in [2.45, 2.75) is 6.54 Å². The first-order valence-corrected chi connectivity index (χ1v) is 5.52. The quantitative estimate of drug-likeness (QED) is 0.879. The van der Waals surface area contributed by atoms with Crippen LogP contribution in [0.5, 0.6) is 0 Å². The Labute approximate surface area is 104 Å². The molecule has 94 valence electrons. The maximum absolute atomic E-state index is 12.0. The van der Waals surface area contributed by atoms with Crippen molar-refractivity contribution in [2.75, 3.05) is 14.1 Å². The molecule has 0 aliphatic carbocycles. The summed E-state index contributed by atoms with van der Waals surface area (Å²) in [6, 6.07) is 6.81. The average Bonchev–Trinajstić information content (AvgIpc) is 2.32. The molecule has 0 aliphatic rings. The van der Waals surface area contributed by atoms with Gasteiger partial charge in [-0.3, -0.25) is 9.20 Å². The molecule has 0 fully saturated rings. The molecule has 0 bridgehead atoms. The summed E-state index contributed by atoms with van der Waals surface area (Å²) in [5.41, 5.74) is 0.856. The Morgan fingerprint density at radius 2 is 2.11 bits per heavy atom. The molecule has 2 aromatic heterocycles. The van der Waals surface area contributed by atoms with E-state index in [9.17, 15) is 9.59 Å². The summed E-state index contributed by atoms with van der Waals surface area (Å²) in [6.45, 7) is 0.577. The van der Waals surface area contributed by atoms with Crippen LogP contribution in [0.15, 0.2) is 35.3 Å². The van der Waals surface area contributed by atoms with Crippen molar-refractivity contribution in [3.63, 3.8) is 0 Å². The van der Waals surface area contributed by atoms with Gasteiger partial charge < -0.3 is 10.0 Å². The van der Waals surface area contributed by atoms with Gasteiger partial charge in [0.15, 0.2) is 0 Å². The lowest BCUT2D eigenvalue weighted by atomic mass is 10.1. The number of fused-ring (bicyclic) bond motifs is 1. The van der Waals surface area contributed by atoms with Crippen molar-refractivity contribution < 1.29 is 9.90 Å². The summed E-state index contributed by atoms with van der Waals surface area (Å²) in [4.78, 5) is 25.0. The van der Waals surface area contributed by atoms with Gasteiger partial charge in [0.25, 0.3) is 5.56 Å². The Kier molecular flexibility index (Phi) is 3.16. The topological polar surface area (TPSA) is 62.0 Å². The Morgan fingerprint density at radius 3 is 2.72 bits per heavy atom. The summed E-state index contributed by atoms with van der Waals surface area (Å²) in [5.74, 6) is -1.20. The Bertz CT molecular complexity index is 659. The third-order valence-electron chi connectivity index (χ3n) is 2.67. The van der Waals surface area contributed by atoms with E-state index in [2.05, 4.69) is 0 Å². The first-order valence-electron chi connectivity index (χ1n) is 5.52. The van der Waals surface area contributed by atoms with E-state index >= 15 is 0 Å². The van der Waals surface area contributed by atoms with Gasteiger partial charge in [0.1, 0.15) is 5.56 Å². The van der Waals surface area contributed by atoms with E-state index in [0.717, 1.165) is 11.1 Å². The van der Waals surface area contributed by atoms with Crippen LogP contribution in [-0.2, 0) is 6.54 Å². The molecule has 5 nitrogen and oxygen atoms in total. The Hall–Kier alpha value is -2.14. The second kappa shape index (κ2) is 4.62. The monoisotopic (exact) mass is 246 g/mol. The highest BCUT2D eigenvalue weighted by Gasteiger charge is 2.14. The van der Waals surface area contributed by atoms with Gasteiger partial charge >= 0.3 is 5.97 Å². The third-order valence-corrected chi connectivity index (χ3v) is 2.67. The zero-order valence-corrected chi connectivity index (χ0v) is 10.3. The van der Waals surface area contributed by atoms with Crippen molar-refractivity contribution in [1.29, 1.82) is 0 Å². The third kappa shape index (κ3) is 2.12. The molecule has 0 saturated heterocycles. The minimum Gasteiger partial charge on any atom is -0.477 e. The zero-order chi connectivity index (χ0) is 13.3. The number of nitrogens with zero attached hydrogens (tertiary/aromatic N) is 2. The van der Waals surface area contributed by atoms with Gasteiger partial charge in [-0.15, -0.1) is 0 Å². The van der Waals surface area contributed by atoms with Crippen molar-refractivity contribution in [3.8, 4) is 0 Å². The largest absolute Gasteiger partial charge is 0.477 e. The van der Waals surface area contributed by atoms with Gasteiger partial charge in [0.05, 0.1) is 5.52 Å². The lowest BCUT2D eigenvalue weighted by Gasteiger charge is -2.13. The molecule has 0 atom stereocenters. The Balaban J connectivity index is 2.80. The van der Waals surface area contributed by atoms with E-state index in [1.165, 1.54) is 10.5 Å².